The number of anilines is 2. The quantitative estimate of drug-likeness (QED) is 0.816. The molecule has 1 aromatic carbocycles. The Hall–Kier alpha value is -3.00. The molecule has 2 aromatic rings. The number of rotatable bonds is 5. The summed E-state index contributed by atoms with van der Waals surface area (Å²) in [5.74, 6) is -0.225. The van der Waals surface area contributed by atoms with Crippen molar-refractivity contribution in [3.05, 3.63) is 47.7 Å². The molecule has 1 aliphatic rings. The first-order valence-electron chi connectivity index (χ1n) is 8.43. The van der Waals surface area contributed by atoms with Gasteiger partial charge in [-0.25, -0.2) is 4.79 Å². The Morgan fingerprint density at radius 1 is 1.15 bits per heavy atom. The van der Waals surface area contributed by atoms with Gasteiger partial charge in [0.05, 0.1) is 31.1 Å². The van der Waals surface area contributed by atoms with Gasteiger partial charge in [0.15, 0.2) is 11.5 Å². The van der Waals surface area contributed by atoms with Gasteiger partial charge in [-0.2, -0.15) is 0 Å². The van der Waals surface area contributed by atoms with Crippen molar-refractivity contribution in [3.63, 3.8) is 0 Å². The summed E-state index contributed by atoms with van der Waals surface area (Å²) in [5, 5.41) is 10.8. The van der Waals surface area contributed by atoms with Gasteiger partial charge in [-0.05, 0) is 31.2 Å². The number of nitrogens with zero attached hydrogens (tertiary/aromatic N) is 3. The molecule has 26 heavy (non-hydrogen) atoms. The second-order valence-corrected chi connectivity index (χ2v) is 5.60. The van der Waals surface area contributed by atoms with E-state index in [0.29, 0.717) is 30.3 Å². The van der Waals surface area contributed by atoms with Gasteiger partial charge in [0.25, 0.3) is 5.91 Å². The minimum atomic E-state index is -0.489. The summed E-state index contributed by atoms with van der Waals surface area (Å²) in [6, 6.07) is 10.0. The Labute approximate surface area is 151 Å². The third kappa shape index (κ3) is 4.15. The van der Waals surface area contributed by atoms with Crippen LogP contribution in [0.3, 0.4) is 0 Å². The molecular formula is C18H20N4O4. The predicted octanol–water partition coefficient (Wildman–Crippen LogP) is 1.74. The van der Waals surface area contributed by atoms with Crippen molar-refractivity contribution < 1.29 is 19.1 Å². The summed E-state index contributed by atoms with van der Waals surface area (Å²) in [4.78, 5) is 26.5. The third-order valence-electron chi connectivity index (χ3n) is 3.89. The Morgan fingerprint density at radius 2 is 1.92 bits per heavy atom. The summed E-state index contributed by atoms with van der Waals surface area (Å²) in [6.07, 6.45) is 0. The van der Waals surface area contributed by atoms with Crippen LogP contribution in [0.2, 0.25) is 0 Å². The molecule has 0 radical (unpaired) electrons. The minimum absolute atomic E-state index is 0.167. The molecule has 8 heteroatoms. The molecule has 0 aliphatic carbocycles. The van der Waals surface area contributed by atoms with E-state index in [1.54, 1.807) is 43.3 Å². The van der Waals surface area contributed by atoms with E-state index in [1.807, 2.05) is 4.90 Å². The Balaban J connectivity index is 1.71. The maximum absolute atomic E-state index is 12.4. The lowest BCUT2D eigenvalue weighted by molar-refractivity contribution is 0.0527. The Bertz CT molecular complexity index is 773. The van der Waals surface area contributed by atoms with E-state index in [-0.39, 0.29) is 12.3 Å². The molecule has 1 aliphatic heterocycles. The van der Waals surface area contributed by atoms with Crippen molar-refractivity contribution in [2.45, 2.75) is 6.92 Å². The highest BCUT2D eigenvalue weighted by molar-refractivity contribution is 6.07. The number of hydrogen-bond donors (Lipinski definition) is 1. The van der Waals surface area contributed by atoms with Gasteiger partial charge >= 0.3 is 5.97 Å². The second-order valence-electron chi connectivity index (χ2n) is 5.60. The number of nitrogens with one attached hydrogen (secondary N) is 1. The van der Waals surface area contributed by atoms with Gasteiger partial charge < -0.3 is 19.7 Å². The van der Waals surface area contributed by atoms with E-state index in [9.17, 15) is 9.59 Å². The fourth-order valence-corrected chi connectivity index (χ4v) is 2.57. The monoisotopic (exact) mass is 356 g/mol. The Kier molecular flexibility index (Phi) is 5.75. The molecule has 1 saturated heterocycles. The van der Waals surface area contributed by atoms with E-state index in [0.717, 1.165) is 13.1 Å². The highest BCUT2D eigenvalue weighted by Crippen LogP contribution is 2.18. The van der Waals surface area contributed by atoms with Crippen LogP contribution in [0.4, 0.5) is 11.5 Å². The van der Waals surface area contributed by atoms with Gasteiger partial charge in [0.2, 0.25) is 0 Å². The lowest BCUT2D eigenvalue weighted by atomic mass is 10.1. The van der Waals surface area contributed by atoms with Crippen molar-refractivity contribution in [3.8, 4) is 0 Å². The standard InChI is InChI=1S/C18H20N4O4/c1-2-26-18(24)13-5-3-4-6-14(13)19-17(23)15-7-8-16(21-20-15)22-9-11-25-12-10-22/h3-8H,2,9-12H2,1H3,(H,19,23). The third-order valence-corrected chi connectivity index (χ3v) is 3.89. The van der Waals surface area contributed by atoms with Gasteiger partial charge in [-0.1, -0.05) is 12.1 Å². The average molecular weight is 356 g/mol. The molecule has 1 aromatic heterocycles. The smallest absolute Gasteiger partial charge is 0.340 e. The number of ether oxygens (including phenoxy) is 2. The van der Waals surface area contributed by atoms with Crippen LogP contribution in [-0.4, -0.2) is 55.0 Å². The van der Waals surface area contributed by atoms with Crippen molar-refractivity contribution in [1.82, 2.24) is 10.2 Å². The number of carbonyl (C=O) groups excluding carboxylic acids is 2. The number of para-hydroxylation sites is 1. The molecule has 8 nitrogen and oxygen atoms in total. The number of benzene rings is 1. The van der Waals surface area contributed by atoms with E-state index in [2.05, 4.69) is 15.5 Å². The number of morpholine rings is 1. The fraction of sp³-hybridized carbons (Fsp3) is 0.333. The summed E-state index contributed by atoms with van der Waals surface area (Å²) in [6.45, 7) is 4.77. The molecule has 0 bridgehead atoms. The largest absolute Gasteiger partial charge is 0.462 e. The van der Waals surface area contributed by atoms with Crippen LogP contribution < -0.4 is 10.2 Å². The number of carbonyl (C=O) groups is 2. The van der Waals surface area contributed by atoms with Crippen LogP contribution in [0.25, 0.3) is 0 Å². The molecular weight excluding hydrogens is 336 g/mol. The number of aromatic nitrogens is 2. The summed E-state index contributed by atoms with van der Waals surface area (Å²) in [5.41, 5.74) is 0.830. The zero-order valence-corrected chi connectivity index (χ0v) is 14.5. The lowest BCUT2D eigenvalue weighted by Gasteiger charge is -2.27. The first kappa shape index (κ1) is 17.8. The van der Waals surface area contributed by atoms with E-state index < -0.39 is 11.9 Å². The van der Waals surface area contributed by atoms with Crippen molar-refractivity contribution >= 4 is 23.4 Å². The topological polar surface area (TPSA) is 93.7 Å². The van der Waals surface area contributed by atoms with Crippen molar-refractivity contribution in [2.75, 3.05) is 43.1 Å². The zero-order chi connectivity index (χ0) is 18.4. The van der Waals surface area contributed by atoms with Gasteiger partial charge in [0.1, 0.15) is 0 Å². The van der Waals surface area contributed by atoms with Crippen LogP contribution in [0.5, 0.6) is 0 Å². The second kappa shape index (κ2) is 8.39. The SMILES string of the molecule is CCOC(=O)c1ccccc1NC(=O)c1ccc(N2CCOCC2)nn1. The van der Waals surface area contributed by atoms with Crippen molar-refractivity contribution in [2.24, 2.45) is 0 Å². The average Bonchev–Trinajstić information content (AvgIpc) is 2.69. The molecule has 0 unspecified atom stereocenters. The fourth-order valence-electron chi connectivity index (χ4n) is 2.57. The maximum Gasteiger partial charge on any atom is 0.340 e. The van der Waals surface area contributed by atoms with Gasteiger partial charge in [-0.15, -0.1) is 10.2 Å². The summed E-state index contributed by atoms with van der Waals surface area (Å²) < 4.78 is 10.3. The van der Waals surface area contributed by atoms with Crippen LogP contribution in [0.1, 0.15) is 27.8 Å². The normalized spacial score (nSPS) is 14.0. The maximum atomic E-state index is 12.4. The molecule has 2 heterocycles. The zero-order valence-electron chi connectivity index (χ0n) is 14.5. The molecule has 0 spiro atoms. The summed E-state index contributed by atoms with van der Waals surface area (Å²) >= 11 is 0. The molecule has 3 rings (SSSR count). The van der Waals surface area contributed by atoms with Gasteiger partial charge in [-0.3, -0.25) is 4.79 Å². The first-order valence-corrected chi connectivity index (χ1v) is 8.43. The van der Waals surface area contributed by atoms with Crippen molar-refractivity contribution in [1.29, 1.82) is 0 Å². The molecule has 1 amide bonds. The van der Waals surface area contributed by atoms with Gasteiger partial charge in [0, 0.05) is 13.1 Å². The molecule has 1 N–H and O–H groups in total. The predicted molar refractivity (Wildman–Crippen MR) is 95.4 cm³/mol. The number of hydrogen-bond acceptors (Lipinski definition) is 7. The highest BCUT2D eigenvalue weighted by atomic mass is 16.5. The van der Waals surface area contributed by atoms with E-state index >= 15 is 0 Å². The molecule has 136 valence electrons. The minimum Gasteiger partial charge on any atom is -0.462 e. The lowest BCUT2D eigenvalue weighted by Crippen LogP contribution is -2.37. The molecule has 0 saturated carbocycles. The highest BCUT2D eigenvalue weighted by Gasteiger charge is 2.17. The first-order chi connectivity index (χ1) is 12.7. The van der Waals surface area contributed by atoms with Crippen LogP contribution in [0.15, 0.2) is 36.4 Å². The molecule has 0 atom stereocenters. The number of esters is 1. The molecule has 1 fully saturated rings. The number of amides is 1. The van der Waals surface area contributed by atoms with E-state index in [4.69, 9.17) is 9.47 Å². The Morgan fingerprint density at radius 3 is 2.62 bits per heavy atom. The van der Waals surface area contributed by atoms with Crippen LogP contribution in [-0.2, 0) is 9.47 Å². The van der Waals surface area contributed by atoms with E-state index in [1.165, 1.54) is 0 Å². The van der Waals surface area contributed by atoms with Crippen LogP contribution in [0, 0.1) is 0 Å². The van der Waals surface area contributed by atoms with Crippen LogP contribution >= 0.6 is 0 Å². The summed E-state index contributed by atoms with van der Waals surface area (Å²) in [7, 11) is 0.